The first kappa shape index (κ1) is 8.57. The highest BCUT2D eigenvalue weighted by molar-refractivity contribution is 5.54. The Morgan fingerprint density at radius 1 is 1.54 bits per heavy atom. The molecule has 1 aliphatic rings. The fourth-order valence-electron chi connectivity index (χ4n) is 2.23. The number of benzene rings is 1. The van der Waals surface area contributed by atoms with E-state index in [-0.39, 0.29) is 0 Å². The van der Waals surface area contributed by atoms with Crippen molar-refractivity contribution in [3.05, 3.63) is 29.3 Å². The van der Waals surface area contributed by atoms with Gasteiger partial charge in [0.15, 0.2) is 0 Å². The molecule has 1 unspecified atom stereocenters. The highest BCUT2D eigenvalue weighted by Gasteiger charge is 2.22. The molecule has 0 saturated heterocycles. The van der Waals surface area contributed by atoms with Crippen LogP contribution in [0.5, 0.6) is 0 Å². The summed E-state index contributed by atoms with van der Waals surface area (Å²) in [7, 11) is 2.00. The molecule has 70 valence electrons. The molecule has 0 saturated carbocycles. The van der Waals surface area contributed by atoms with Crippen LogP contribution in [-0.2, 0) is 6.42 Å². The Kier molecular flexibility index (Phi) is 2.23. The summed E-state index contributed by atoms with van der Waals surface area (Å²) in [5.74, 6) is 0.670. The van der Waals surface area contributed by atoms with Gasteiger partial charge in [0, 0.05) is 12.2 Å². The van der Waals surface area contributed by atoms with Crippen molar-refractivity contribution in [2.24, 2.45) is 0 Å². The molecule has 1 atom stereocenters. The lowest BCUT2D eigenvalue weighted by Gasteiger charge is -2.10. The summed E-state index contributed by atoms with van der Waals surface area (Å²) in [5.41, 5.74) is 9.71. The molecule has 0 amide bonds. The lowest BCUT2D eigenvalue weighted by Crippen LogP contribution is -2.15. The molecular weight excluding hydrogens is 160 g/mol. The molecule has 0 radical (unpaired) electrons. The van der Waals surface area contributed by atoms with Crippen LogP contribution in [0.2, 0.25) is 0 Å². The van der Waals surface area contributed by atoms with E-state index in [2.05, 4.69) is 17.4 Å². The number of rotatable bonds is 2. The van der Waals surface area contributed by atoms with Crippen molar-refractivity contribution in [1.82, 2.24) is 5.32 Å². The van der Waals surface area contributed by atoms with Crippen LogP contribution in [0.15, 0.2) is 18.2 Å². The van der Waals surface area contributed by atoms with Gasteiger partial charge in [0.25, 0.3) is 0 Å². The Morgan fingerprint density at radius 2 is 2.38 bits per heavy atom. The number of hydrogen-bond donors (Lipinski definition) is 2. The van der Waals surface area contributed by atoms with Crippen molar-refractivity contribution in [2.75, 3.05) is 19.3 Å². The van der Waals surface area contributed by atoms with Crippen LogP contribution in [0.3, 0.4) is 0 Å². The van der Waals surface area contributed by atoms with E-state index in [1.54, 1.807) is 0 Å². The van der Waals surface area contributed by atoms with Gasteiger partial charge in [-0.15, -0.1) is 0 Å². The normalized spacial score (nSPS) is 20.2. The van der Waals surface area contributed by atoms with Gasteiger partial charge in [0.1, 0.15) is 0 Å². The third-order valence-electron chi connectivity index (χ3n) is 2.88. The molecule has 13 heavy (non-hydrogen) atoms. The van der Waals surface area contributed by atoms with Crippen molar-refractivity contribution >= 4 is 5.69 Å². The SMILES string of the molecule is CNCC1CCc2c(N)cccc21. The van der Waals surface area contributed by atoms with Gasteiger partial charge in [-0.2, -0.15) is 0 Å². The van der Waals surface area contributed by atoms with Crippen molar-refractivity contribution in [2.45, 2.75) is 18.8 Å². The van der Waals surface area contributed by atoms with Crippen molar-refractivity contribution in [1.29, 1.82) is 0 Å². The molecular formula is C11H16N2. The first-order valence-electron chi connectivity index (χ1n) is 4.84. The van der Waals surface area contributed by atoms with Crippen LogP contribution in [0.4, 0.5) is 5.69 Å². The Bertz CT molecular complexity index is 307. The second kappa shape index (κ2) is 3.38. The van der Waals surface area contributed by atoms with E-state index in [4.69, 9.17) is 5.73 Å². The largest absolute Gasteiger partial charge is 0.398 e. The topological polar surface area (TPSA) is 38.0 Å². The molecule has 0 aromatic heterocycles. The Morgan fingerprint density at radius 3 is 3.15 bits per heavy atom. The Labute approximate surface area is 79.1 Å². The van der Waals surface area contributed by atoms with Gasteiger partial charge in [-0.05, 0) is 43.0 Å². The van der Waals surface area contributed by atoms with E-state index >= 15 is 0 Å². The number of likely N-dealkylation sites (N-methyl/N-ethyl adjacent to an activating group) is 1. The third kappa shape index (κ3) is 1.42. The highest BCUT2D eigenvalue weighted by Crippen LogP contribution is 2.35. The maximum Gasteiger partial charge on any atom is 0.0349 e. The number of fused-ring (bicyclic) bond motifs is 1. The summed E-state index contributed by atoms with van der Waals surface area (Å²) in [5, 5.41) is 3.23. The zero-order valence-corrected chi connectivity index (χ0v) is 8.01. The lowest BCUT2D eigenvalue weighted by molar-refractivity contribution is 0.623. The molecule has 2 rings (SSSR count). The molecule has 0 fully saturated rings. The minimum absolute atomic E-state index is 0.670. The number of anilines is 1. The van der Waals surface area contributed by atoms with E-state index < -0.39 is 0 Å². The van der Waals surface area contributed by atoms with Gasteiger partial charge in [0.05, 0.1) is 0 Å². The molecule has 0 spiro atoms. The van der Waals surface area contributed by atoms with E-state index in [9.17, 15) is 0 Å². The van der Waals surface area contributed by atoms with Crippen LogP contribution in [0.1, 0.15) is 23.5 Å². The summed E-state index contributed by atoms with van der Waals surface area (Å²) in [6.07, 6.45) is 2.39. The zero-order valence-electron chi connectivity index (χ0n) is 8.01. The van der Waals surface area contributed by atoms with Crippen LogP contribution >= 0.6 is 0 Å². The second-order valence-corrected chi connectivity index (χ2v) is 3.71. The summed E-state index contributed by atoms with van der Waals surface area (Å²) in [6, 6.07) is 6.27. The van der Waals surface area contributed by atoms with Crippen LogP contribution in [-0.4, -0.2) is 13.6 Å². The molecule has 1 aliphatic carbocycles. The van der Waals surface area contributed by atoms with Crippen LogP contribution < -0.4 is 11.1 Å². The third-order valence-corrected chi connectivity index (χ3v) is 2.88. The van der Waals surface area contributed by atoms with Crippen LogP contribution in [0, 0.1) is 0 Å². The average Bonchev–Trinajstić information content (AvgIpc) is 2.51. The summed E-state index contributed by atoms with van der Waals surface area (Å²) < 4.78 is 0. The Hall–Kier alpha value is -1.02. The smallest absolute Gasteiger partial charge is 0.0349 e. The predicted octanol–water partition coefficient (Wildman–Crippen LogP) is 1.52. The highest BCUT2D eigenvalue weighted by atomic mass is 14.8. The van der Waals surface area contributed by atoms with Crippen molar-refractivity contribution < 1.29 is 0 Å². The molecule has 0 aliphatic heterocycles. The first-order valence-corrected chi connectivity index (χ1v) is 4.84. The molecule has 0 heterocycles. The van der Waals surface area contributed by atoms with E-state index in [1.165, 1.54) is 17.5 Å². The standard InChI is InChI=1S/C11H16N2/c1-13-7-8-5-6-10-9(8)3-2-4-11(10)12/h2-4,8,13H,5-7,12H2,1H3. The fraction of sp³-hybridized carbons (Fsp3) is 0.455. The van der Waals surface area contributed by atoms with E-state index in [0.29, 0.717) is 5.92 Å². The zero-order chi connectivity index (χ0) is 9.26. The minimum atomic E-state index is 0.670. The Balaban J connectivity index is 2.32. The second-order valence-electron chi connectivity index (χ2n) is 3.71. The maximum atomic E-state index is 5.91. The molecule has 0 bridgehead atoms. The number of nitrogens with one attached hydrogen (secondary N) is 1. The molecule has 3 N–H and O–H groups in total. The quantitative estimate of drug-likeness (QED) is 0.670. The number of nitrogens with two attached hydrogens (primary N) is 1. The maximum absolute atomic E-state index is 5.91. The number of hydrogen-bond acceptors (Lipinski definition) is 2. The molecule has 2 heteroatoms. The predicted molar refractivity (Wildman–Crippen MR) is 55.8 cm³/mol. The lowest BCUT2D eigenvalue weighted by atomic mass is 10.0. The van der Waals surface area contributed by atoms with Crippen molar-refractivity contribution in [3.8, 4) is 0 Å². The monoisotopic (exact) mass is 176 g/mol. The van der Waals surface area contributed by atoms with E-state index in [1.807, 2.05) is 13.1 Å². The fourth-order valence-corrected chi connectivity index (χ4v) is 2.23. The van der Waals surface area contributed by atoms with Crippen molar-refractivity contribution in [3.63, 3.8) is 0 Å². The van der Waals surface area contributed by atoms with Gasteiger partial charge in [-0.1, -0.05) is 12.1 Å². The van der Waals surface area contributed by atoms with Crippen LogP contribution in [0.25, 0.3) is 0 Å². The average molecular weight is 176 g/mol. The van der Waals surface area contributed by atoms with Gasteiger partial charge in [-0.25, -0.2) is 0 Å². The van der Waals surface area contributed by atoms with E-state index in [0.717, 1.165) is 18.7 Å². The van der Waals surface area contributed by atoms with Gasteiger partial charge in [-0.3, -0.25) is 0 Å². The minimum Gasteiger partial charge on any atom is -0.398 e. The van der Waals surface area contributed by atoms with Gasteiger partial charge in [0.2, 0.25) is 0 Å². The van der Waals surface area contributed by atoms with Gasteiger partial charge >= 0.3 is 0 Å². The summed E-state index contributed by atoms with van der Waals surface area (Å²) >= 11 is 0. The number of nitrogen functional groups attached to an aromatic ring is 1. The summed E-state index contributed by atoms with van der Waals surface area (Å²) in [4.78, 5) is 0. The van der Waals surface area contributed by atoms with Gasteiger partial charge < -0.3 is 11.1 Å². The molecule has 1 aromatic carbocycles. The first-order chi connectivity index (χ1) is 6.33. The summed E-state index contributed by atoms with van der Waals surface area (Å²) in [6.45, 7) is 1.07. The molecule has 2 nitrogen and oxygen atoms in total. The molecule has 1 aromatic rings.